The first-order chi connectivity index (χ1) is 14.8. The van der Waals surface area contributed by atoms with Gasteiger partial charge >= 0.3 is 17.9 Å². The van der Waals surface area contributed by atoms with Gasteiger partial charge in [-0.1, -0.05) is 0 Å². The number of hydrogen-bond acceptors (Lipinski definition) is 11. The van der Waals surface area contributed by atoms with Crippen molar-refractivity contribution in [3.8, 4) is 0 Å². The van der Waals surface area contributed by atoms with Crippen molar-refractivity contribution in [3.05, 3.63) is 0 Å². The molecule has 0 aromatic heterocycles. The lowest BCUT2D eigenvalue weighted by molar-refractivity contribution is -0.282. The van der Waals surface area contributed by atoms with E-state index in [0.29, 0.717) is 13.0 Å². The maximum Gasteiger partial charge on any atom is 0.326 e. The molecule has 0 saturated carbocycles. The Morgan fingerprint density at radius 1 is 1.09 bits per heavy atom. The number of hydroxylamine groups is 2. The van der Waals surface area contributed by atoms with E-state index in [1.54, 1.807) is 34.6 Å². The van der Waals surface area contributed by atoms with E-state index >= 15 is 0 Å². The Kier molecular flexibility index (Phi) is 7.16. The topological polar surface area (TPSA) is 119 Å². The standard InChI is InChI=1S/C21H33NO10/c1-11(23)26-10-14(28-12(2)24)15-16-17(31-21(6,7)30-16)18(29-15)22-13(8-9-27-22)19(25)32-20(3,4)5/h13-18H,8-10H2,1-7H3/t13-,14-,15-,16+,17+,18+/m1/s1. The summed E-state index contributed by atoms with van der Waals surface area (Å²) < 4.78 is 34.3. The van der Waals surface area contributed by atoms with E-state index in [1.807, 2.05) is 0 Å². The van der Waals surface area contributed by atoms with Crippen LogP contribution in [0.2, 0.25) is 0 Å². The molecule has 0 spiro atoms. The van der Waals surface area contributed by atoms with E-state index in [4.69, 9.17) is 33.3 Å². The minimum atomic E-state index is -0.945. The van der Waals surface area contributed by atoms with Crippen LogP contribution < -0.4 is 0 Å². The second-order valence-corrected chi connectivity index (χ2v) is 9.54. The Morgan fingerprint density at radius 3 is 2.34 bits per heavy atom. The van der Waals surface area contributed by atoms with Crippen molar-refractivity contribution in [2.45, 2.75) is 103 Å². The van der Waals surface area contributed by atoms with Crippen LogP contribution in [0.5, 0.6) is 0 Å². The predicted molar refractivity (Wildman–Crippen MR) is 107 cm³/mol. The first-order valence-corrected chi connectivity index (χ1v) is 10.7. The van der Waals surface area contributed by atoms with Crippen molar-refractivity contribution in [2.24, 2.45) is 0 Å². The van der Waals surface area contributed by atoms with E-state index in [1.165, 1.54) is 18.9 Å². The third-order valence-electron chi connectivity index (χ3n) is 5.07. The van der Waals surface area contributed by atoms with Crippen LogP contribution in [0.1, 0.15) is 54.9 Å². The van der Waals surface area contributed by atoms with Crippen LogP contribution in [0, 0.1) is 0 Å². The molecule has 3 fully saturated rings. The highest BCUT2D eigenvalue weighted by Crippen LogP contribution is 2.43. The first kappa shape index (κ1) is 24.8. The van der Waals surface area contributed by atoms with Crippen molar-refractivity contribution in [1.29, 1.82) is 0 Å². The van der Waals surface area contributed by atoms with Gasteiger partial charge in [0.1, 0.15) is 36.6 Å². The normalized spacial score (nSPS) is 32.9. The Bertz CT molecular complexity index is 733. The molecular formula is C21H33NO10. The quantitative estimate of drug-likeness (QED) is 0.419. The summed E-state index contributed by atoms with van der Waals surface area (Å²) in [6.07, 6.45) is -3.47. The number of esters is 3. The number of nitrogens with zero attached hydrogens (tertiary/aromatic N) is 1. The second-order valence-electron chi connectivity index (χ2n) is 9.54. The fourth-order valence-corrected chi connectivity index (χ4v) is 4.05. The molecule has 3 aliphatic heterocycles. The van der Waals surface area contributed by atoms with Gasteiger partial charge in [0.05, 0.1) is 6.61 Å². The molecule has 0 unspecified atom stereocenters. The minimum absolute atomic E-state index is 0.213. The number of rotatable bonds is 6. The summed E-state index contributed by atoms with van der Waals surface area (Å²) in [6.45, 7) is 11.5. The van der Waals surface area contributed by atoms with Gasteiger partial charge in [0.2, 0.25) is 0 Å². The summed E-state index contributed by atoms with van der Waals surface area (Å²) in [5, 5.41) is 1.44. The molecule has 0 aromatic rings. The summed E-state index contributed by atoms with van der Waals surface area (Å²) in [5.41, 5.74) is -0.660. The van der Waals surface area contributed by atoms with Crippen LogP contribution in [0.4, 0.5) is 0 Å². The number of hydrogen-bond donors (Lipinski definition) is 0. The molecule has 3 aliphatic rings. The van der Waals surface area contributed by atoms with Crippen molar-refractivity contribution in [2.75, 3.05) is 13.2 Å². The van der Waals surface area contributed by atoms with Crippen LogP contribution in [0.25, 0.3) is 0 Å². The fraction of sp³-hybridized carbons (Fsp3) is 0.857. The maximum absolute atomic E-state index is 12.8. The summed E-state index contributed by atoms with van der Waals surface area (Å²) in [7, 11) is 0. The molecule has 0 aromatic carbocycles. The molecular weight excluding hydrogens is 426 g/mol. The highest BCUT2D eigenvalue weighted by molar-refractivity contribution is 5.76. The Morgan fingerprint density at radius 2 is 1.75 bits per heavy atom. The van der Waals surface area contributed by atoms with Crippen molar-refractivity contribution in [1.82, 2.24) is 5.06 Å². The maximum atomic E-state index is 12.8. The van der Waals surface area contributed by atoms with E-state index in [9.17, 15) is 14.4 Å². The van der Waals surface area contributed by atoms with E-state index in [2.05, 4.69) is 0 Å². The Labute approximate surface area is 187 Å². The lowest BCUT2D eigenvalue weighted by atomic mass is 10.1. The molecule has 0 amide bonds. The molecule has 3 saturated heterocycles. The van der Waals surface area contributed by atoms with Crippen molar-refractivity contribution >= 4 is 17.9 Å². The molecule has 0 bridgehead atoms. The molecule has 11 nitrogen and oxygen atoms in total. The zero-order chi connectivity index (χ0) is 23.8. The second kappa shape index (κ2) is 9.22. The van der Waals surface area contributed by atoms with Crippen molar-refractivity contribution < 1.29 is 47.6 Å². The van der Waals surface area contributed by atoms with Crippen LogP contribution >= 0.6 is 0 Å². The third-order valence-corrected chi connectivity index (χ3v) is 5.07. The molecule has 3 rings (SSSR count). The van der Waals surface area contributed by atoms with E-state index < -0.39 is 66.0 Å². The van der Waals surface area contributed by atoms with Crippen LogP contribution in [0.3, 0.4) is 0 Å². The van der Waals surface area contributed by atoms with Gasteiger partial charge in [-0.15, -0.1) is 5.06 Å². The largest absolute Gasteiger partial charge is 0.462 e. The summed E-state index contributed by atoms with van der Waals surface area (Å²) in [5.74, 6) is -2.47. The SMILES string of the molecule is CC(=O)OC[C@@H](OC(C)=O)[C@H]1O[C@H](N2OCC[C@@H]2C(=O)OC(C)(C)C)[C@H]2OC(C)(C)O[C@@H]12. The molecule has 11 heteroatoms. The highest BCUT2D eigenvalue weighted by Gasteiger charge is 2.61. The van der Waals surface area contributed by atoms with Crippen LogP contribution in [-0.4, -0.2) is 84.3 Å². The molecule has 3 heterocycles. The third kappa shape index (κ3) is 5.76. The average Bonchev–Trinajstić information content (AvgIpc) is 3.29. The monoisotopic (exact) mass is 459 g/mol. The number of ether oxygens (including phenoxy) is 6. The fourth-order valence-electron chi connectivity index (χ4n) is 4.05. The van der Waals surface area contributed by atoms with Gasteiger partial charge in [0.15, 0.2) is 18.1 Å². The lowest BCUT2D eigenvalue weighted by Crippen LogP contribution is -2.50. The number of carbonyl (C=O) groups excluding carboxylic acids is 3. The van der Waals surface area contributed by atoms with Gasteiger partial charge < -0.3 is 28.4 Å². The minimum Gasteiger partial charge on any atom is -0.462 e. The molecule has 0 aliphatic carbocycles. The zero-order valence-electron chi connectivity index (χ0n) is 19.6. The van der Waals surface area contributed by atoms with Gasteiger partial charge in [-0.05, 0) is 34.6 Å². The van der Waals surface area contributed by atoms with E-state index in [-0.39, 0.29) is 6.61 Å². The Hall–Kier alpha value is -1.79. The van der Waals surface area contributed by atoms with Gasteiger partial charge in [-0.3, -0.25) is 19.2 Å². The molecule has 32 heavy (non-hydrogen) atoms. The van der Waals surface area contributed by atoms with Gasteiger partial charge in [0, 0.05) is 20.3 Å². The highest BCUT2D eigenvalue weighted by atomic mass is 16.8. The van der Waals surface area contributed by atoms with Crippen LogP contribution in [0.15, 0.2) is 0 Å². The zero-order valence-corrected chi connectivity index (χ0v) is 19.6. The molecule has 6 atom stereocenters. The lowest BCUT2D eigenvalue weighted by Gasteiger charge is -2.33. The summed E-state index contributed by atoms with van der Waals surface area (Å²) >= 11 is 0. The Balaban J connectivity index is 1.84. The number of carbonyl (C=O) groups is 3. The summed E-state index contributed by atoms with van der Waals surface area (Å²) in [4.78, 5) is 41.6. The summed E-state index contributed by atoms with van der Waals surface area (Å²) in [6, 6.07) is -0.702. The van der Waals surface area contributed by atoms with Crippen LogP contribution in [-0.2, 0) is 47.6 Å². The van der Waals surface area contributed by atoms with Gasteiger partial charge in [-0.2, -0.15) is 0 Å². The smallest absolute Gasteiger partial charge is 0.326 e. The molecule has 182 valence electrons. The first-order valence-electron chi connectivity index (χ1n) is 10.7. The average molecular weight is 459 g/mol. The molecule has 0 N–H and O–H groups in total. The van der Waals surface area contributed by atoms with Gasteiger partial charge in [0.25, 0.3) is 0 Å². The van der Waals surface area contributed by atoms with E-state index in [0.717, 1.165) is 0 Å². The predicted octanol–water partition coefficient (Wildman–Crippen LogP) is 1.07. The molecule has 0 radical (unpaired) electrons. The number of fused-ring (bicyclic) bond motifs is 1. The van der Waals surface area contributed by atoms with Gasteiger partial charge in [-0.25, -0.2) is 0 Å². The van der Waals surface area contributed by atoms with Crippen molar-refractivity contribution in [3.63, 3.8) is 0 Å².